The maximum atomic E-state index is 10.5. The molecule has 15 heavy (non-hydrogen) atoms. The number of morpholine rings is 1. The molecule has 0 unspecified atom stereocenters. The number of ether oxygens (including phenoxy) is 1. The molecule has 4 nitrogen and oxygen atoms in total. The second-order valence-corrected chi connectivity index (χ2v) is 3.46. The molecule has 84 valence electrons. The van der Waals surface area contributed by atoms with E-state index >= 15 is 0 Å². The fourth-order valence-electron chi connectivity index (χ4n) is 1.27. The average molecular weight is 211 g/mol. The molecule has 1 rings (SSSR count). The zero-order valence-corrected chi connectivity index (χ0v) is 8.98. The highest BCUT2D eigenvalue weighted by Crippen LogP contribution is 2.00. The van der Waals surface area contributed by atoms with E-state index in [1.54, 1.807) is 13.0 Å². The molecular formula is C11H17NO3. The van der Waals surface area contributed by atoms with Crippen molar-refractivity contribution in [2.24, 2.45) is 0 Å². The predicted molar refractivity (Wildman–Crippen MR) is 57.5 cm³/mol. The molecule has 1 N–H and O–H groups in total. The summed E-state index contributed by atoms with van der Waals surface area (Å²) in [6, 6.07) is 0. The van der Waals surface area contributed by atoms with Gasteiger partial charge < -0.3 is 14.7 Å². The minimum atomic E-state index is -0.852. The van der Waals surface area contributed by atoms with Crippen molar-refractivity contribution in [3.63, 3.8) is 0 Å². The Hall–Kier alpha value is -1.29. The largest absolute Gasteiger partial charge is 0.478 e. The third-order valence-electron chi connectivity index (χ3n) is 2.26. The standard InChI is InChI=1S/C11H17NO3/c1-10(11(13)14)4-2-3-5-12-6-8-15-9-7-12/h3-5H,2,6-9H2,1H3,(H,13,14). The fraction of sp³-hybridized carbons (Fsp3) is 0.545. The highest BCUT2D eigenvalue weighted by molar-refractivity contribution is 5.85. The van der Waals surface area contributed by atoms with Gasteiger partial charge in [0.25, 0.3) is 0 Å². The van der Waals surface area contributed by atoms with Gasteiger partial charge in [-0.3, -0.25) is 0 Å². The minimum absolute atomic E-state index is 0.390. The van der Waals surface area contributed by atoms with Gasteiger partial charge in [0, 0.05) is 18.7 Å². The Morgan fingerprint density at radius 1 is 1.47 bits per heavy atom. The fourth-order valence-corrected chi connectivity index (χ4v) is 1.27. The van der Waals surface area contributed by atoms with Crippen LogP contribution in [0.5, 0.6) is 0 Å². The molecule has 1 fully saturated rings. The molecule has 0 radical (unpaired) electrons. The number of nitrogens with zero attached hydrogens (tertiary/aromatic N) is 1. The van der Waals surface area contributed by atoms with Gasteiger partial charge in [-0.1, -0.05) is 12.2 Å². The Morgan fingerprint density at radius 3 is 2.73 bits per heavy atom. The second kappa shape index (κ2) is 6.24. The van der Waals surface area contributed by atoms with E-state index in [-0.39, 0.29) is 0 Å². The third kappa shape index (κ3) is 4.65. The topological polar surface area (TPSA) is 49.8 Å². The van der Waals surface area contributed by atoms with Crippen molar-refractivity contribution in [3.05, 3.63) is 23.9 Å². The van der Waals surface area contributed by atoms with Crippen molar-refractivity contribution in [3.8, 4) is 0 Å². The van der Waals surface area contributed by atoms with Crippen molar-refractivity contribution >= 4 is 5.97 Å². The predicted octanol–water partition coefficient (Wildman–Crippen LogP) is 1.25. The molecule has 4 heteroatoms. The molecule has 0 saturated carbocycles. The molecule has 1 aliphatic rings. The molecule has 0 bridgehead atoms. The van der Waals surface area contributed by atoms with E-state index < -0.39 is 5.97 Å². The lowest BCUT2D eigenvalue weighted by atomic mass is 10.2. The monoisotopic (exact) mass is 211 g/mol. The number of hydrogen-bond donors (Lipinski definition) is 1. The Balaban J connectivity index is 2.26. The summed E-state index contributed by atoms with van der Waals surface area (Å²) in [5.41, 5.74) is 0.390. The molecule has 0 aromatic heterocycles. The highest BCUT2D eigenvalue weighted by Gasteiger charge is 2.04. The van der Waals surface area contributed by atoms with Crippen molar-refractivity contribution in [2.45, 2.75) is 13.3 Å². The zero-order chi connectivity index (χ0) is 11.1. The highest BCUT2D eigenvalue weighted by atomic mass is 16.5. The SMILES string of the molecule is CC(=CCC=CN1CCOCC1)C(=O)O. The van der Waals surface area contributed by atoms with Crippen LogP contribution in [0.25, 0.3) is 0 Å². The normalized spacial score (nSPS) is 18.5. The van der Waals surface area contributed by atoms with Crippen molar-refractivity contribution in [2.75, 3.05) is 26.3 Å². The van der Waals surface area contributed by atoms with E-state index in [0.717, 1.165) is 26.3 Å². The Labute approximate surface area is 89.8 Å². The van der Waals surface area contributed by atoms with E-state index in [0.29, 0.717) is 12.0 Å². The summed E-state index contributed by atoms with van der Waals surface area (Å²) in [6.45, 7) is 4.98. The van der Waals surface area contributed by atoms with Crippen LogP contribution in [0, 0.1) is 0 Å². The van der Waals surface area contributed by atoms with Crippen LogP contribution in [-0.4, -0.2) is 42.3 Å². The second-order valence-electron chi connectivity index (χ2n) is 3.46. The van der Waals surface area contributed by atoms with Gasteiger partial charge in [-0.25, -0.2) is 4.79 Å². The molecule has 0 aromatic carbocycles. The average Bonchev–Trinajstić information content (AvgIpc) is 2.25. The summed E-state index contributed by atoms with van der Waals surface area (Å²) in [7, 11) is 0. The lowest BCUT2D eigenvalue weighted by Gasteiger charge is -2.24. The number of hydrogen-bond acceptors (Lipinski definition) is 3. The molecule has 0 amide bonds. The van der Waals surface area contributed by atoms with Crippen molar-refractivity contribution in [1.82, 2.24) is 4.90 Å². The molecule has 0 atom stereocenters. The number of carboxylic acids is 1. The third-order valence-corrected chi connectivity index (χ3v) is 2.26. The van der Waals surface area contributed by atoms with Crippen LogP contribution in [-0.2, 0) is 9.53 Å². The number of carboxylic acid groups (broad SMARTS) is 1. The Kier molecular flexibility index (Phi) is 4.90. The molecule has 1 saturated heterocycles. The van der Waals surface area contributed by atoms with Crippen LogP contribution >= 0.6 is 0 Å². The van der Waals surface area contributed by atoms with E-state index in [1.165, 1.54) is 0 Å². The van der Waals surface area contributed by atoms with Crippen LogP contribution in [0.15, 0.2) is 23.9 Å². The summed E-state index contributed by atoms with van der Waals surface area (Å²) >= 11 is 0. The van der Waals surface area contributed by atoms with E-state index in [1.807, 2.05) is 12.3 Å². The van der Waals surface area contributed by atoms with Gasteiger partial charge in [0.05, 0.1) is 13.2 Å². The summed E-state index contributed by atoms with van der Waals surface area (Å²) in [4.78, 5) is 12.6. The van der Waals surface area contributed by atoms with Gasteiger partial charge in [0.2, 0.25) is 0 Å². The van der Waals surface area contributed by atoms with Gasteiger partial charge in [-0.05, 0) is 19.5 Å². The maximum absolute atomic E-state index is 10.5. The first-order valence-electron chi connectivity index (χ1n) is 5.08. The molecular weight excluding hydrogens is 194 g/mol. The first kappa shape index (κ1) is 11.8. The summed E-state index contributed by atoms with van der Waals surface area (Å²) in [5, 5.41) is 8.61. The number of allylic oxidation sites excluding steroid dienone is 2. The molecule has 0 aromatic rings. The van der Waals surface area contributed by atoms with Crippen LogP contribution in [0.3, 0.4) is 0 Å². The van der Waals surface area contributed by atoms with E-state index in [9.17, 15) is 4.79 Å². The van der Waals surface area contributed by atoms with Gasteiger partial charge in [0.15, 0.2) is 0 Å². The maximum Gasteiger partial charge on any atom is 0.330 e. The van der Waals surface area contributed by atoms with E-state index in [4.69, 9.17) is 9.84 Å². The van der Waals surface area contributed by atoms with Crippen LogP contribution in [0.4, 0.5) is 0 Å². The smallest absolute Gasteiger partial charge is 0.330 e. The molecule has 0 spiro atoms. The van der Waals surface area contributed by atoms with Crippen molar-refractivity contribution < 1.29 is 14.6 Å². The van der Waals surface area contributed by atoms with Crippen LogP contribution in [0.2, 0.25) is 0 Å². The minimum Gasteiger partial charge on any atom is -0.478 e. The lowest BCUT2D eigenvalue weighted by molar-refractivity contribution is -0.132. The molecule has 1 heterocycles. The number of carbonyl (C=O) groups is 1. The summed E-state index contributed by atoms with van der Waals surface area (Å²) in [5.74, 6) is -0.852. The van der Waals surface area contributed by atoms with Crippen LogP contribution in [0.1, 0.15) is 13.3 Å². The first-order chi connectivity index (χ1) is 7.20. The van der Waals surface area contributed by atoms with Gasteiger partial charge in [-0.15, -0.1) is 0 Å². The van der Waals surface area contributed by atoms with Gasteiger partial charge in [-0.2, -0.15) is 0 Å². The Bertz CT molecular complexity index is 265. The molecule has 1 aliphatic heterocycles. The summed E-state index contributed by atoms with van der Waals surface area (Å²) in [6.07, 6.45) is 6.35. The summed E-state index contributed by atoms with van der Waals surface area (Å²) < 4.78 is 5.21. The lowest BCUT2D eigenvalue weighted by Crippen LogP contribution is -2.31. The Morgan fingerprint density at radius 2 is 2.13 bits per heavy atom. The van der Waals surface area contributed by atoms with Gasteiger partial charge in [0.1, 0.15) is 0 Å². The van der Waals surface area contributed by atoms with Gasteiger partial charge >= 0.3 is 5.97 Å². The zero-order valence-electron chi connectivity index (χ0n) is 8.98. The number of rotatable bonds is 4. The first-order valence-corrected chi connectivity index (χ1v) is 5.08. The van der Waals surface area contributed by atoms with Crippen LogP contribution < -0.4 is 0 Å². The quantitative estimate of drug-likeness (QED) is 0.711. The van der Waals surface area contributed by atoms with E-state index in [2.05, 4.69) is 4.90 Å². The molecule has 0 aliphatic carbocycles. The van der Waals surface area contributed by atoms with Crippen molar-refractivity contribution in [1.29, 1.82) is 0 Å². The number of aliphatic carboxylic acids is 1.